The van der Waals surface area contributed by atoms with E-state index in [1.807, 2.05) is 13.2 Å². The van der Waals surface area contributed by atoms with Crippen LogP contribution in [0.2, 0.25) is 0 Å². The highest BCUT2D eigenvalue weighted by molar-refractivity contribution is 7.09. The summed E-state index contributed by atoms with van der Waals surface area (Å²) in [6.45, 7) is 0. The summed E-state index contributed by atoms with van der Waals surface area (Å²) in [5.41, 5.74) is 0.100. The highest BCUT2D eigenvalue weighted by Gasteiger charge is 2.37. The Balaban J connectivity index is 2.12. The zero-order valence-corrected chi connectivity index (χ0v) is 10.1. The van der Waals surface area contributed by atoms with Crippen LogP contribution in [0.4, 0.5) is 0 Å². The van der Waals surface area contributed by atoms with Crippen molar-refractivity contribution in [1.82, 2.24) is 10.3 Å². The molecule has 0 unspecified atom stereocenters. The smallest absolute Gasteiger partial charge is 0.113 e. The zero-order chi connectivity index (χ0) is 10.7. The van der Waals surface area contributed by atoms with Crippen molar-refractivity contribution in [2.75, 3.05) is 14.2 Å². The van der Waals surface area contributed by atoms with Crippen molar-refractivity contribution < 1.29 is 4.74 Å². The molecule has 0 spiro atoms. The van der Waals surface area contributed by atoms with Gasteiger partial charge in [-0.05, 0) is 32.7 Å². The summed E-state index contributed by atoms with van der Waals surface area (Å²) >= 11 is 1.75. The van der Waals surface area contributed by atoms with E-state index in [0.717, 1.165) is 25.7 Å². The van der Waals surface area contributed by atoms with Crippen LogP contribution in [0, 0.1) is 0 Å². The summed E-state index contributed by atoms with van der Waals surface area (Å²) in [7, 11) is 3.84. The molecule has 2 rings (SSSR count). The van der Waals surface area contributed by atoms with E-state index in [9.17, 15) is 0 Å². The molecule has 1 heterocycles. The molecule has 84 valence electrons. The molecule has 0 radical (unpaired) electrons. The van der Waals surface area contributed by atoms with Gasteiger partial charge in [0.15, 0.2) is 0 Å². The molecule has 1 saturated carbocycles. The van der Waals surface area contributed by atoms with E-state index in [0.29, 0.717) is 6.10 Å². The van der Waals surface area contributed by atoms with Crippen molar-refractivity contribution in [3.63, 3.8) is 0 Å². The van der Waals surface area contributed by atoms with Crippen LogP contribution in [-0.2, 0) is 10.3 Å². The van der Waals surface area contributed by atoms with Crippen molar-refractivity contribution in [3.8, 4) is 0 Å². The molecule has 3 nitrogen and oxygen atoms in total. The van der Waals surface area contributed by atoms with Gasteiger partial charge in [-0.3, -0.25) is 0 Å². The van der Waals surface area contributed by atoms with Crippen molar-refractivity contribution >= 4 is 11.3 Å². The van der Waals surface area contributed by atoms with Gasteiger partial charge in [0, 0.05) is 18.7 Å². The van der Waals surface area contributed by atoms with E-state index in [2.05, 4.69) is 15.7 Å². The van der Waals surface area contributed by atoms with Crippen molar-refractivity contribution in [3.05, 3.63) is 16.6 Å². The van der Waals surface area contributed by atoms with E-state index in [1.165, 1.54) is 5.01 Å². The van der Waals surface area contributed by atoms with Gasteiger partial charge in [0.05, 0.1) is 11.6 Å². The van der Waals surface area contributed by atoms with Gasteiger partial charge in [0.25, 0.3) is 0 Å². The van der Waals surface area contributed by atoms with Crippen molar-refractivity contribution in [1.29, 1.82) is 0 Å². The Hall–Kier alpha value is -0.450. The Morgan fingerprint density at radius 3 is 2.73 bits per heavy atom. The molecule has 1 aromatic rings. The van der Waals surface area contributed by atoms with Crippen LogP contribution in [0.1, 0.15) is 30.7 Å². The summed E-state index contributed by atoms with van der Waals surface area (Å²) in [5, 5.41) is 6.73. The molecule has 1 N–H and O–H groups in total. The molecule has 0 aliphatic heterocycles. The second-order valence-corrected chi connectivity index (χ2v) is 5.00. The average Bonchev–Trinajstić information content (AvgIpc) is 2.83. The Kier molecular flexibility index (Phi) is 3.38. The lowest BCUT2D eigenvalue weighted by molar-refractivity contribution is 0.0422. The van der Waals surface area contributed by atoms with Crippen LogP contribution >= 0.6 is 11.3 Å². The van der Waals surface area contributed by atoms with Crippen LogP contribution < -0.4 is 5.32 Å². The fourth-order valence-electron chi connectivity index (χ4n) is 2.35. The first-order valence-corrected chi connectivity index (χ1v) is 6.30. The van der Waals surface area contributed by atoms with E-state index in [-0.39, 0.29) is 5.54 Å². The first-order valence-electron chi connectivity index (χ1n) is 5.42. The lowest BCUT2D eigenvalue weighted by Crippen LogP contribution is -2.44. The number of rotatable bonds is 3. The predicted octanol–water partition coefficient (Wildman–Crippen LogP) is 2.15. The molecular weight excluding hydrogens is 208 g/mol. The van der Waals surface area contributed by atoms with Gasteiger partial charge >= 0.3 is 0 Å². The zero-order valence-electron chi connectivity index (χ0n) is 9.32. The maximum atomic E-state index is 5.40. The quantitative estimate of drug-likeness (QED) is 0.857. The van der Waals surface area contributed by atoms with Gasteiger partial charge in [-0.2, -0.15) is 0 Å². The standard InChI is InChI=1S/C11H18N2OS/c1-12-11(10-13-7-8-15-10)5-3-9(14-2)4-6-11/h7-9,12H,3-6H2,1-2H3. The molecule has 0 atom stereocenters. The fourth-order valence-corrected chi connectivity index (χ4v) is 3.25. The second-order valence-electron chi connectivity index (χ2n) is 4.10. The summed E-state index contributed by atoms with van der Waals surface area (Å²) in [6.07, 6.45) is 6.81. The maximum Gasteiger partial charge on any atom is 0.113 e. The number of methoxy groups -OCH3 is 1. The first kappa shape index (κ1) is 11.0. The van der Waals surface area contributed by atoms with E-state index >= 15 is 0 Å². The monoisotopic (exact) mass is 226 g/mol. The summed E-state index contributed by atoms with van der Waals surface area (Å²) in [4.78, 5) is 4.45. The number of nitrogens with zero attached hydrogens (tertiary/aromatic N) is 1. The third-order valence-electron chi connectivity index (χ3n) is 3.44. The number of aromatic nitrogens is 1. The first-order chi connectivity index (χ1) is 7.30. The van der Waals surface area contributed by atoms with Crippen LogP contribution in [0.15, 0.2) is 11.6 Å². The number of hydrogen-bond acceptors (Lipinski definition) is 4. The molecule has 0 saturated heterocycles. The van der Waals surface area contributed by atoms with Crippen molar-refractivity contribution in [2.24, 2.45) is 0 Å². The van der Waals surface area contributed by atoms with Crippen molar-refractivity contribution in [2.45, 2.75) is 37.3 Å². The van der Waals surface area contributed by atoms with Crippen LogP contribution in [0.3, 0.4) is 0 Å². The topological polar surface area (TPSA) is 34.2 Å². The van der Waals surface area contributed by atoms with Gasteiger partial charge in [0.2, 0.25) is 0 Å². The Morgan fingerprint density at radius 2 is 2.27 bits per heavy atom. The number of nitrogens with one attached hydrogen (secondary N) is 1. The molecule has 1 aliphatic carbocycles. The molecule has 0 aromatic carbocycles. The van der Waals surface area contributed by atoms with Gasteiger partial charge in [-0.15, -0.1) is 11.3 Å². The van der Waals surface area contributed by atoms with Gasteiger partial charge in [-0.1, -0.05) is 0 Å². The molecule has 0 bridgehead atoms. The minimum absolute atomic E-state index is 0.100. The molecular formula is C11H18N2OS. The van der Waals surface area contributed by atoms with Gasteiger partial charge in [-0.25, -0.2) is 4.98 Å². The molecule has 1 fully saturated rings. The minimum Gasteiger partial charge on any atom is -0.381 e. The van der Waals surface area contributed by atoms with E-state index in [4.69, 9.17) is 4.74 Å². The Morgan fingerprint density at radius 1 is 1.53 bits per heavy atom. The number of ether oxygens (including phenoxy) is 1. The SMILES string of the molecule is CNC1(c2nccs2)CCC(OC)CC1. The largest absolute Gasteiger partial charge is 0.381 e. The molecule has 15 heavy (non-hydrogen) atoms. The van der Waals surface area contributed by atoms with Gasteiger partial charge < -0.3 is 10.1 Å². The number of hydrogen-bond donors (Lipinski definition) is 1. The van der Waals surface area contributed by atoms with Crippen LogP contribution in [0.5, 0.6) is 0 Å². The highest BCUT2D eigenvalue weighted by Crippen LogP contribution is 2.38. The minimum atomic E-state index is 0.100. The predicted molar refractivity (Wildman–Crippen MR) is 62.1 cm³/mol. The summed E-state index contributed by atoms with van der Waals surface area (Å²) in [5.74, 6) is 0. The highest BCUT2D eigenvalue weighted by atomic mass is 32.1. The summed E-state index contributed by atoms with van der Waals surface area (Å²) < 4.78 is 5.40. The third-order valence-corrected chi connectivity index (χ3v) is 4.42. The fraction of sp³-hybridized carbons (Fsp3) is 0.727. The molecule has 4 heteroatoms. The third kappa shape index (κ3) is 2.07. The van der Waals surface area contributed by atoms with E-state index in [1.54, 1.807) is 18.4 Å². The molecule has 0 amide bonds. The maximum absolute atomic E-state index is 5.40. The summed E-state index contributed by atoms with van der Waals surface area (Å²) in [6, 6.07) is 0. The van der Waals surface area contributed by atoms with Crippen LogP contribution in [-0.4, -0.2) is 25.2 Å². The Bertz CT molecular complexity index is 292. The Labute approximate surface area is 94.9 Å². The number of thiazole rings is 1. The normalized spacial score (nSPS) is 31.7. The van der Waals surface area contributed by atoms with Gasteiger partial charge in [0.1, 0.15) is 5.01 Å². The second kappa shape index (κ2) is 4.60. The molecule has 1 aromatic heterocycles. The lowest BCUT2D eigenvalue weighted by atomic mass is 9.81. The average molecular weight is 226 g/mol. The van der Waals surface area contributed by atoms with Crippen LogP contribution in [0.25, 0.3) is 0 Å². The lowest BCUT2D eigenvalue weighted by Gasteiger charge is -2.38. The van der Waals surface area contributed by atoms with E-state index < -0.39 is 0 Å². The molecule has 1 aliphatic rings.